The van der Waals surface area contributed by atoms with Crippen LogP contribution < -0.4 is 5.46 Å². The first-order valence-corrected chi connectivity index (χ1v) is 6.34. The summed E-state index contributed by atoms with van der Waals surface area (Å²) < 4.78 is 13.7. The number of pyridine rings is 1. The van der Waals surface area contributed by atoms with E-state index in [2.05, 4.69) is 15.5 Å². The lowest BCUT2D eigenvalue weighted by Crippen LogP contribution is -2.41. The van der Waals surface area contributed by atoms with Gasteiger partial charge >= 0.3 is 7.12 Å². The number of hydrogen-bond donors (Lipinski definition) is 0. The maximum absolute atomic E-state index is 6.03. The van der Waals surface area contributed by atoms with Crippen LogP contribution >= 0.6 is 0 Å². The first-order chi connectivity index (χ1) is 8.80. The highest BCUT2D eigenvalue weighted by Gasteiger charge is 2.51. The zero-order chi connectivity index (χ0) is 13.8. The molecule has 0 amide bonds. The van der Waals surface area contributed by atoms with Gasteiger partial charge in [0.2, 0.25) is 0 Å². The Balaban J connectivity index is 2.02. The summed E-state index contributed by atoms with van der Waals surface area (Å²) in [6.45, 7) is 10.1. The van der Waals surface area contributed by atoms with Crippen LogP contribution in [0.2, 0.25) is 0 Å². The molecule has 0 N–H and O–H groups in total. The van der Waals surface area contributed by atoms with Crippen molar-refractivity contribution < 1.29 is 9.31 Å². The average Bonchev–Trinajstić information content (AvgIpc) is 2.82. The van der Waals surface area contributed by atoms with E-state index in [0.29, 0.717) is 0 Å². The highest BCUT2D eigenvalue weighted by atomic mass is 16.7. The zero-order valence-electron chi connectivity index (χ0n) is 11.8. The van der Waals surface area contributed by atoms with E-state index >= 15 is 0 Å². The molecule has 100 valence electrons. The highest BCUT2D eigenvalue weighted by Crippen LogP contribution is 2.36. The molecular formula is C12H17BN4O2. The van der Waals surface area contributed by atoms with Crippen LogP contribution in [0.3, 0.4) is 0 Å². The van der Waals surface area contributed by atoms with Crippen molar-refractivity contribution in [3.8, 4) is 0 Å². The van der Waals surface area contributed by atoms with E-state index in [1.807, 2.05) is 46.9 Å². The molecule has 1 aliphatic rings. The van der Waals surface area contributed by atoms with Gasteiger partial charge in [0.1, 0.15) is 0 Å². The highest BCUT2D eigenvalue weighted by molar-refractivity contribution is 6.62. The van der Waals surface area contributed by atoms with Gasteiger partial charge in [-0.05, 0) is 50.6 Å². The summed E-state index contributed by atoms with van der Waals surface area (Å²) in [5.41, 5.74) is 1.98. The van der Waals surface area contributed by atoms with Crippen molar-refractivity contribution in [3.63, 3.8) is 0 Å². The Morgan fingerprint density at radius 2 is 1.79 bits per heavy atom. The van der Waals surface area contributed by atoms with E-state index < -0.39 is 7.12 Å². The number of tetrazole rings is 1. The molecule has 7 heteroatoms. The number of nitrogens with zero attached hydrogens (tertiary/aromatic N) is 4. The molecule has 1 saturated heterocycles. The molecular weight excluding hydrogens is 243 g/mol. The third kappa shape index (κ3) is 1.84. The van der Waals surface area contributed by atoms with Crippen LogP contribution in [-0.4, -0.2) is 38.4 Å². The minimum atomic E-state index is -0.391. The lowest BCUT2D eigenvalue weighted by atomic mass is 9.80. The van der Waals surface area contributed by atoms with Gasteiger partial charge in [0.15, 0.2) is 5.65 Å². The quantitative estimate of drug-likeness (QED) is 0.707. The first kappa shape index (κ1) is 12.6. The van der Waals surface area contributed by atoms with Crippen LogP contribution in [0.1, 0.15) is 33.3 Å². The van der Waals surface area contributed by atoms with Crippen LogP contribution in [0.15, 0.2) is 12.3 Å². The van der Waals surface area contributed by atoms with E-state index in [0.717, 1.165) is 16.7 Å². The Labute approximate surface area is 112 Å². The third-order valence-electron chi connectivity index (χ3n) is 4.03. The second kappa shape index (κ2) is 3.77. The second-order valence-electron chi connectivity index (χ2n) is 5.99. The zero-order valence-corrected chi connectivity index (χ0v) is 11.8. The molecule has 0 aromatic carbocycles. The molecule has 0 unspecified atom stereocenters. The van der Waals surface area contributed by atoms with Crippen molar-refractivity contribution in [2.45, 2.75) is 45.8 Å². The van der Waals surface area contributed by atoms with E-state index in [9.17, 15) is 0 Å². The summed E-state index contributed by atoms with van der Waals surface area (Å²) >= 11 is 0. The molecule has 0 radical (unpaired) electrons. The maximum atomic E-state index is 6.03. The predicted molar refractivity (Wildman–Crippen MR) is 71.2 cm³/mol. The summed E-state index contributed by atoms with van der Waals surface area (Å²) in [7, 11) is -0.391. The molecule has 0 saturated carbocycles. The standard InChI is InChI=1S/C12H17BN4O2/c1-8-6-9(7-17-10(8)14-15-16-17)13-18-11(2,3)12(4,5)19-13/h6-7H,1-5H3. The summed E-state index contributed by atoms with van der Waals surface area (Å²) in [5, 5.41) is 11.6. The largest absolute Gasteiger partial charge is 0.496 e. The van der Waals surface area contributed by atoms with Gasteiger partial charge in [-0.3, -0.25) is 0 Å². The number of fused-ring (bicyclic) bond motifs is 1. The van der Waals surface area contributed by atoms with E-state index in [4.69, 9.17) is 9.31 Å². The van der Waals surface area contributed by atoms with E-state index in [1.165, 1.54) is 0 Å². The first-order valence-electron chi connectivity index (χ1n) is 6.34. The minimum absolute atomic E-state index is 0.346. The fraction of sp³-hybridized carbons (Fsp3) is 0.583. The lowest BCUT2D eigenvalue weighted by molar-refractivity contribution is 0.00578. The van der Waals surface area contributed by atoms with Gasteiger partial charge in [0.25, 0.3) is 0 Å². The Hall–Kier alpha value is -1.47. The molecule has 0 bridgehead atoms. The van der Waals surface area contributed by atoms with Crippen LogP contribution in [-0.2, 0) is 9.31 Å². The number of rotatable bonds is 1. The molecule has 0 atom stereocenters. The van der Waals surface area contributed by atoms with Gasteiger partial charge in [-0.25, -0.2) is 4.52 Å². The molecule has 2 aromatic heterocycles. The summed E-state index contributed by atoms with van der Waals surface area (Å²) in [6.07, 6.45) is 1.85. The Morgan fingerprint density at radius 3 is 2.42 bits per heavy atom. The summed E-state index contributed by atoms with van der Waals surface area (Å²) in [4.78, 5) is 0. The fourth-order valence-corrected chi connectivity index (χ4v) is 2.14. The summed E-state index contributed by atoms with van der Waals surface area (Å²) in [5.74, 6) is 0. The average molecular weight is 260 g/mol. The Morgan fingerprint density at radius 1 is 1.16 bits per heavy atom. The predicted octanol–water partition coefficient (Wildman–Crippen LogP) is 0.732. The minimum Gasteiger partial charge on any atom is -0.399 e. The van der Waals surface area contributed by atoms with Gasteiger partial charge in [0.05, 0.1) is 11.2 Å². The second-order valence-corrected chi connectivity index (χ2v) is 5.99. The molecule has 1 aliphatic heterocycles. The van der Waals surface area contributed by atoms with Gasteiger partial charge in [-0.1, -0.05) is 6.07 Å². The molecule has 1 fully saturated rings. The van der Waals surface area contributed by atoms with E-state index in [-0.39, 0.29) is 11.2 Å². The van der Waals surface area contributed by atoms with Gasteiger partial charge < -0.3 is 9.31 Å². The van der Waals surface area contributed by atoms with Gasteiger partial charge in [-0.15, -0.1) is 5.10 Å². The van der Waals surface area contributed by atoms with Gasteiger partial charge in [-0.2, -0.15) is 0 Å². The smallest absolute Gasteiger partial charge is 0.399 e. The van der Waals surface area contributed by atoms with E-state index in [1.54, 1.807) is 4.52 Å². The Kier molecular flexibility index (Phi) is 2.49. The van der Waals surface area contributed by atoms with Crippen LogP contribution in [0.5, 0.6) is 0 Å². The molecule has 3 rings (SSSR count). The monoisotopic (exact) mass is 260 g/mol. The topological polar surface area (TPSA) is 61.5 Å². The van der Waals surface area contributed by atoms with Crippen molar-refractivity contribution in [2.75, 3.05) is 0 Å². The van der Waals surface area contributed by atoms with Crippen molar-refractivity contribution in [1.82, 2.24) is 20.0 Å². The number of hydrogen-bond acceptors (Lipinski definition) is 5. The normalized spacial score (nSPS) is 21.2. The third-order valence-corrected chi connectivity index (χ3v) is 4.03. The van der Waals surface area contributed by atoms with Crippen molar-refractivity contribution in [1.29, 1.82) is 0 Å². The van der Waals surface area contributed by atoms with Crippen molar-refractivity contribution in [2.24, 2.45) is 0 Å². The van der Waals surface area contributed by atoms with Gasteiger partial charge in [0, 0.05) is 11.7 Å². The van der Waals surface area contributed by atoms with Crippen molar-refractivity contribution >= 4 is 18.2 Å². The molecule has 3 heterocycles. The van der Waals surface area contributed by atoms with Crippen LogP contribution in [0, 0.1) is 6.92 Å². The van der Waals surface area contributed by atoms with Crippen LogP contribution in [0.4, 0.5) is 0 Å². The number of aryl methyl sites for hydroxylation is 1. The number of aromatic nitrogens is 4. The fourth-order valence-electron chi connectivity index (χ4n) is 2.14. The lowest BCUT2D eigenvalue weighted by Gasteiger charge is -2.32. The molecule has 2 aromatic rings. The molecule has 6 nitrogen and oxygen atoms in total. The Bertz CT molecular complexity index is 622. The SMILES string of the molecule is Cc1cc(B2OC(C)(C)C(C)(C)O2)cn2nnnc12. The van der Waals surface area contributed by atoms with Crippen molar-refractivity contribution in [3.05, 3.63) is 17.8 Å². The summed E-state index contributed by atoms with van der Waals surface area (Å²) in [6, 6.07) is 2.01. The van der Waals surface area contributed by atoms with Crippen LogP contribution in [0.25, 0.3) is 5.65 Å². The molecule has 0 aliphatic carbocycles. The maximum Gasteiger partial charge on any atom is 0.496 e. The molecule has 0 spiro atoms. The molecule has 19 heavy (non-hydrogen) atoms.